The van der Waals surface area contributed by atoms with Crippen LogP contribution in [0.4, 0.5) is 0 Å². The Labute approximate surface area is 120 Å². The van der Waals surface area contributed by atoms with Crippen LogP contribution in [0.2, 0.25) is 0 Å². The van der Waals surface area contributed by atoms with Gasteiger partial charge >= 0.3 is 0 Å². The molecule has 3 nitrogen and oxygen atoms in total. The summed E-state index contributed by atoms with van der Waals surface area (Å²) in [6, 6.07) is 0. The van der Waals surface area contributed by atoms with Crippen molar-refractivity contribution < 1.29 is 0 Å². The van der Waals surface area contributed by atoms with E-state index in [1.807, 2.05) is 0 Å². The molecule has 0 aromatic rings. The lowest BCUT2D eigenvalue weighted by atomic mass is 9.89. The highest BCUT2D eigenvalue weighted by atomic mass is 15.1. The lowest BCUT2D eigenvalue weighted by Gasteiger charge is -2.34. The third-order valence-electron chi connectivity index (χ3n) is 4.89. The van der Waals surface area contributed by atoms with Gasteiger partial charge in [-0.25, -0.2) is 0 Å². The number of likely N-dealkylation sites (tertiary alicyclic amines) is 1. The van der Waals surface area contributed by atoms with E-state index in [9.17, 15) is 0 Å². The average Bonchev–Trinajstić information content (AvgIpc) is 2.64. The smallest absolute Gasteiger partial charge is 0.0316 e. The van der Waals surface area contributed by atoms with Crippen molar-refractivity contribution in [1.82, 2.24) is 10.2 Å². The topological polar surface area (TPSA) is 41.3 Å². The molecule has 1 aliphatic heterocycles. The molecule has 19 heavy (non-hydrogen) atoms. The molecule has 1 heterocycles. The first-order chi connectivity index (χ1) is 9.19. The third kappa shape index (κ3) is 5.41. The van der Waals surface area contributed by atoms with Gasteiger partial charge < -0.3 is 16.0 Å². The zero-order valence-corrected chi connectivity index (χ0v) is 13.4. The monoisotopic (exact) mass is 269 g/mol. The van der Waals surface area contributed by atoms with Gasteiger partial charge in [0.1, 0.15) is 0 Å². The molecule has 0 aromatic carbocycles. The predicted molar refractivity (Wildman–Crippen MR) is 84.4 cm³/mol. The van der Waals surface area contributed by atoms with Crippen LogP contribution in [0, 0.1) is 5.92 Å². The molecular formula is C16H35N3. The van der Waals surface area contributed by atoms with Gasteiger partial charge in [0.25, 0.3) is 0 Å². The number of rotatable bonds is 8. The van der Waals surface area contributed by atoms with Crippen molar-refractivity contribution in [2.45, 2.75) is 64.8 Å². The Bertz CT molecular complexity index is 228. The minimum atomic E-state index is 0.199. The molecule has 1 unspecified atom stereocenters. The van der Waals surface area contributed by atoms with Crippen molar-refractivity contribution >= 4 is 0 Å². The molecule has 0 aliphatic carbocycles. The van der Waals surface area contributed by atoms with Crippen LogP contribution < -0.4 is 11.1 Å². The first-order valence-corrected chi connectivity index (χ1v) is 8.37. The van der Waals surface area contributed by atoms with Crippen LogP contribution in [-0.2, 0) is 0 Å². The van der Waals surface area contributed by atoms with Gasteiger partial charge in [-0.05, 0) is 57.8 Å². The van der Waals surface area contributed by atoms with Crippen molar-refractivity contribution in [2.24, 2.45) is 11.7 Å². The summed E-state index contributed by atoms with van der Waals surface area (Å²) < 4.78 is 0. The van der Waals surface area contributed by atoms with Gasteiger partial charge in [0.2, 0.25) is 0 Å². The molecular weight excluding hydrogens is 234 g/mol. The van der Waals surface area contributed by atoms with Crippen LogP contribution in [0.25, 0.3) is 0 Å². The van der Waals surface area contributed by atoms with Gasteiger partial charge in [0.05, 0.1) is 0 Å². The van der Waals surface area contributed by atoms with Crippen molar-refractivity contribution in [3.63, 3.8) is 0 Å². The van der Waals surface area contributed by atoms with E-state index in [0.29, 0.717) is 0 Å². The van der Waals surface area contributed by atoms with Crippen LogP contribution in [0.3, 0.4) is 0 Å². The summed E-state index contributed by atoms with van der Waals surface area (Å²) in [4.78, 5) is 2.61. The molecule has 1 fully saturated rings. The molecule has 0 aromatic heterocycles. The largest absolute Gasteiger partial charge is 0.329 e. The summed E-state index contributed by atoms with van der Waals surface area (Å²) in [6.07, 6.45) is 7.54. The fourth-order valence-corrected chi connectivity index (χ4v) is 3.18. The number of nitrogens with two attached hydrogens (primary N) is 1. The minimum absolute atomic E-state index is 0.199. The third-order valence-corrected chi connectivity index (χ3v) is 4.89. The fourth-order valence-electron chi connectivity index (χ4n) is 3.18. The summed E-state index contributed by atoms with van der Waals surface area (Å²) in [5.41, 5.74) is 6.31. The molecule has 0 radical (unpaired) electrons. The number of nitrogens with zero attached hydrogens (tertiary/aromatic N) is 1. The second kappa shape index (κ2) is 8.93. The maximum atomic E-state index is 6.12. The number of nitrogens with one attached hydrogen (secondary N) is 1. The summed E-state index contributed by atoms with van der Waals surface area (Å²) in [5, 5.41) is 3.84. The Hall–Kier alpha value is -0.120. The molecule has 3 N–H and O–H groups in total. The summed E-state index contributed by atoms with van der Waals surface area (Å²) in [7, 11) is 0. The number of hydrogen-bond donors (Lipinski definition) is 2. The first-order valence-electron chi connectivity index (χ1n) is 8.37. The van der Waals surface area contributed by atoms with E-state index in [1.165, 1.54) is 58.2 Å². The van der Waals surface area contributed by atoms with Gasteiger partial charge in [-0.3, -0.25) is 0 Å². The maximum Gasteiger partial charge on any atom is 0.0316 e. The van der Waals surface area contributed by atoms with E-state index in [4.69, 9.17) is 5.73 Å². The Kier molecular flexibility index (Phi) is 7.96. The Morgan fingerprint density at radius 1 is 1.16 bits per heavy atom. The highest BCUT2D eigenvalue weighted by molar-refractivity contribution is 4.92. The zero-order chi connectivity index (χ0) is 14.1. The Morgan fingerprint density at radius 2 is 1.89 bits per heavy atom. The normalized spacial score (nSPS) is 25.7. The van der Waals surface area contributed by atoms with Crippen LogP contribution in [0.5, 0.6) is 0 Å². The van der Waals surface area contributed by atoms with Crippen LogP contribution >= 0.6 is 0 Å². The highest BCUT2D eigenvalue weighted by Crippen LogP contribution is 2.22. The second-order valence-electron chi connectivity index (χ2n) is 6.24. The number of hydrogen-bond acceptors (Lipinski definition) is 3. The Balaban J connectivity index is 2.50. The Morgan fingerprint density at radius 3 is 2.47 bits per heavy atom. The van der Waals surface area contributed by atoms with Crippen molar-refractivity contribution in [2.75, 3.05) is 32.7 Å². The standard InChI is InChI=1S/C16H35N3/c1-4-10-19-11-7-8-16(14-17,9-12-19)18-13-15(5-2)6-3/h15,18H,4-14,17H2,1-3H3. The minimum Gasteiger partial charge on any atom is -0.329 e. The van der Waals surface area contributed by atoms with E-state index < -0.39 is 0 Å². The van der Waals surface area contributed by atoms with Gasteiger partial charge in [-0.2, -0.15) is 0 Å². The molecule has 1 atom stereocenters. The molecule has 0 bridgehead atoms. The molecule has 0 saturated carbocycles. The molecule has 1 rings (SSSR count). The average molecular weight is 269 g/mol. The SMILES string of the molecule is CCCN1CCCC(CN)(NCC(CC)CC)CC1. The maximum absolute atomic E-state index is 6.12. The molecule has 0 amide bonds. The quantitative estimate of drug-likeness (QED) is 0.712. The van der Waals surface area contributed by atoms with Crippen LogP contribution in [-0.4, -0.2) is 43.2 Å². The van der Waals surface area contributed by atoms with Gasteiger partial charge in [0, 0.05) is 12.1 Å². The molecule has 114 valence electrons. The summed E-state index contributed by atoms with van der Waals surface area (Å²) >= 11 is 0. The summed E-state index contributed by atoms with van der Waals surface area (Å²) in [6.45, 7) is 12.5. The van der Waals surface area contributed by atoms with Crippen LogP contribution in [0.15, 0.2) is 0 Å². The summed E-state index contributed by atoms with van der Waals surface area (Å²) in [5.74, 6) is 0.804. The van der Waals surface area contributed by atoms with Gasteiger partial charge in [0.15, 0.2) is 0 Å². The molecule has 0 spiro atoms. The first kappa shape index (κ1) is 16.9. The van der Waals surface area contributed by atoms with Crippen molar-refractivity contribution in [3.05, 3.63) is 0 Å². The molecule has 3 heteroatoms. The lowest BCUT2D eigenvalue weighted by molar-refractivity contribution is 0.248. The predicted octanol–water partition coefficient (Wildman–Crippen LogP) is 2.61. The molecule has 1 saturated heterocycles. The lowest BCUT2D eigenvalue weighted by Crippen LogP contribution is -2.53. The van der Waals surface area contributed by atoms with Gasteiger partial charge in [-0.1, -0.05) is 33.6 Å². The van der Waals surface area contributed by atoms with Crippen molar-refractivity contribution in [1.29, 1.82) is 0 Å². The van der Waals surface area contributed by atoms with E-state index in [0.717, 1.165) is 19.0 Å². The van der Waals surface area contributed by atoms with E-state index in [1.54, 1.807) is 0 Å². The zero-order valence-electron chi connectivity index (χ0n) is 13.4. The van der Waals surface area contributed by atoms with E-state index >= 15 is 0 Å². The van der Waals surface area contributed by atoms with Gasteiger partial charge in [-0.15, -0.1) is 0 Å². The molecule has 1 aliphatic rings. The fraction of sp³-hybridized carbons (Fsp3) is 1.00. The van der Waals surface area contributed by atoms with Crippen molar-refractivity contribution in [3.8, 4) is 0 Å². The highest BCUT2D eigenvalue weighted by Gasteiger charge is 2.30. The van der Waals surface area contributed by atoms with E-state index in [2.05, 4.69) is 31.0 Å². The van der Waals surface area contributed by atoms with E-state index in [-0.39, 0.29) is 5.54 Å². The second-order valence-corrected chi connectivity index (χ2v) is 6.24. The van der Waals surface area contributed by atoms with Crippen LogP contribution in [0.1, 0.15) is 59.3 Å².